The molecule has 3 rings (SSSR count). The summed E-state index contributed by atoms with van der Waals surface area (Å²) in [6.45, 7) is 6.62. The molecule has 0 spiro atoms. The van der Waals surface area contributed by atoms with E-state index in [0.717, 1.165) is 38.5 Å². The van der Waals surface area contributed by atoms with Crippen LogP contribution in [0.2, 0.25) is 5.02 Å². The van der Waals surface area contributed by atoms with Crippen molar-refractivity contribution in [1.82, 2.24) is 9.88 Å². The van der Waals surface area contributed by atoms with Crippen LogP contribution in [0.3, 0.4) is 0 Å². The molecule has 2 saturated heterocycles. The molecule has 1 N–H and O–H groups in total. The lowest BCUT2D eigenvalue weighted by Crippen LogP contribution is -2.47. The minimum absolute atomic E-state index is 0.458. The number of pyridine rings is 1. The Morgan fingerprint density at radius 3 is 3.00 bits per heavy atom. The van der Waals surface area contributed by atoms with Gasteiger partial charge in [-0.2, -0.15) is 0 Å². The molecule has 0 saturated carbocycles. The summed E-state index contributed by atoms with van der Waals surface area (Å²) in [4.78, 5) is 6.88. The van der Waals surface area contributed by atoms with Crippen LogP contribution in [0.1, 0.15) is 26.2 Å². The second kappa shape index (κ2) is 6.95. The van der Waals surface area contributed by atoms with Gasteiger partial charge in [0.1, 0.15) is 5.82 Å². The fourth-order valence-electron chi connectivity index (χ4n) is 3.34. The van der Waals surface area contributed by atoms with Gasteiger partial charge in [-0.3, -0.25) is 0 Å². The number of hydrogen-bond acceptors (Lipinski definition) is 4. The third kappa shape index (κ3) is 4.09. The van der Waals surface area contributed by atoms with Crippen LogP contribution < -0.4 is 5.32 Å². The van der Waals surface area contributed by atoms with Crippen molar-refractivity contribution in [3.63, 3.8) is 0 Å². The molecule has 3 atom stereocenters. The second-order valence-electron chi connectivity index (χ2n) is 6.27. The quantitative estimate of drug-likeness (QED) is 0.927. The summed E-state index contributed by atoms with van der Waals surface area (Å²) >= 11 is 5.87. The van der Waals surface area contributed by atoms with E-state index in [2.05, 4.69) is 22.1 Å². The molecule has 0 aliphatic carbocycles. The molecular formula is C16H24ClN3O. The molecule has 5 heteroatoms. The maximum atomic E-state index is 5.87. The first-order valence-corrected chi connectivity index (χ1v) is 8.30. The normalized spacial score (nSPS) is 30.5. The SMILES string of the molecule is C[C@@H]1CN(C[C@H]2CCCO2)CC[C@H]1Nc1ccc(Cl)cn1. The Morgan fingerprint density at radius 1 is 1.43 bits per heavy atom. The van der Waals surface area contributed by atoms with E-state index in [1.165, 1.54) is 12.8 Å². The van der Waals surface area contributed by atoms with Crippen molar-refractivity contribution in [3.05, 3.63) is 23.4 Å². The third-order valence-corrected chi connectivity index (χ3v) is 4.76. The molecular weight excluding hydrogens is 286 g/mol. The van der Waals surface area contributed by atoms with Crippen molar-refractivity contribution in [2.45, 2.75) is 38.3 Å². The molecule has 0 unspecified atom stereocenters. The summed E-state index contributed by atoms with van der Waals surface area (Å²) in [6.07, 6.45) is 5.75. The first kappa shape index (κ1) is 15.1. The van der Waals surface area contributed by atoms with E-state index in [0.29, 0.717) is 23.1 Å². The van der Waals surface area contributed by atoms with Gasteiger partial charge >= 0.3 is 0 Å². The Kier molecular flexibility index (Phi) is 4.99. The van der Waals surface area contributed by atoms with Gasteiger partial charge < -0.3 is 15.0 Å². The van der Waals surface area contributed by atoms with Crippen molar-refractivity contribution in [2.24, 2.45) is 5.92 Å². The first-order valence-electron chi connectivity index (χ1n) is 7.93. The second-order valence-corrected chi connectivity index (χ2v) is 6.71. The summed E-state index contributed by atoms with van der Waals surface area (Å²) in [5.74, 6) is 1.53. The maximum Gasteiger partial charge on any atom is 0.126 e. The minimum atomic E-state index is 0.458. The predicted octanol–water partition coefficient (Wildman–Crippen LogP) is 3.04. The number of piperidine rings is 1. The monoisotopic (exact) mass is 309 g/mol. The molecule has 1 aromatic rings. The van der Waals surface area contributed by atoms with Crippen LogP contribution in [-0.4, -0.2) is 48.3 Å². The smallest absolute Gasteiger partial charge is 0.126 e. The number of hydrogen-bond donors (Lipinski definition) is 1. The van der Waals surface area contributed by atoms with Crippen molar-refractivity contribution < 1.29 is 4.74 Å². The summed E-state index contributed by atoms with van der Waals surface area (Å²) < 4.78 is 5.74. The summed E-state index contributed by atoms with van der Waals surface area (Å²) in [6, 6.07) is 4.32. The van der Waals surface area contributed by atoms with Crippen molar-refractivity contribution in [1.29, 1.82) is 0 Å². The van der Waals surface area contributed by atoms with E-state index in [-0.39, 0.29) is 0 Å². The maximum absolute atomic E-state index is 5.87. The van der Waals surface area contributed by atoms with Gasteiger partial charge in [-0.25, -0.2) is 4.98 Å². The molecule has 3 heterocycles. The van der Waals surface area contributed by atoms with E-state index in [1.807, 2.05) is 12.1 Å². The highest BCUT2D eigenvalue weighted by molar-refractivity contribution is 6.30. The molecule has 2 aliphatic heterocycles. The van der Waals surface area contributed by atoms with E-state index >= 15 is 0 Å². The fraction of sp³-hybridized carbons (Fsp3) is 0.688. The molecule has 116 valence electrons. The van der Waals surface area contributed by atoms with Gasteiger partial charge in [0, 0.05) is 38.5 Å². The molecule has 21 heavy (non-hydrogen) atoms. The first-order chi connectivity index (χ1) is 10.2. The standard InChI is InChI=1S/C16H24ClN3O/c1-12-10-20(11-14-3-2-8-21-14)7-6-15(12)19-16-5-4-13(17)9-18-16/h4-5,9,12,14-15H,2-3,6-8,10-11H2,1H3,(H,18,19)/t12-,14-,15-/m1/s1. The summed E-state index contributed by atoms with van der Waals surface area (Å²) in [5, 5.41) is 4.22. The van der Waals surface area contributed by atoms with Gasteiger partial charge in [0.05, 0.1) is 11.1 Å². The number of anilines is 1. The number of aromatic nitrogens is 1. The molecule has 2 aliphatic rings. The van der Waals surface area contributed by atoms with Crippen molar-refractivity contribution in [3.8, 4) is 0 Å². The van der Waals surface area contributed by atoms with E-state index in [1.54, 1.807) is 6.20 Å². The van der Waals surface area contributed by atoms with Crippen LogP contribution in [-0.2, 0) is 4.74 Å². The number of nitrogens with one attached hydrogen (secondary N) is 1. The number of nitrogens with zero attached hydrogens (tertiary/aromatic N) is 2. The number of rotatable bonds is 4. The number of halogens is 1. The molecule has 0 radical (unpaired) electrons. The Morgan fingerprint density at radius 2 is 2.33 bits per heavy atom. The van der Waals surface area contributed by atoms with Crippen LogP contribution in [0.4, 0.5) is 5.82 Å². The zero-order valence-corrected chi connectivity index (χ0v) is 13.4. The average molecular weight is 310 g/mol. The van der Waals surface area contributed by atoms with Crippen LogP contribution in [0, 0.1) is 5.92 Å². The molecule has 4 nitrogen and oxygen atoms in total. The predicted molar refractivity (Wildman–Crippen MR) is 85.9 cm³/mol. The van der Waals surface area contributed by atoms with E-state index in [4.69, 9.17) is 16.3 Å². The molecule has 0 bridgehead atoms. The Balaban J connectivity index is 1.49. The number of likely N-dealkylation sites (tertiary alicyclic amines) is 1. The highest BCUT2D eigenvalue weighted by atomic mass is 35.5. The average Bonchev–Trinajstić information content (AvgIpc) is 2.97. The molecule has 2 fully saturated rings. The zero-order valence-electron chi connectivity index (χ0n) is 12.6. The van der Waals surface area contributed by atoms with Gasteiger partial charge in [0.25, 0.3) is 0 Å². The van der Waals surface area contributed by atoms with Crippen LogP contribution in [0.25, 0.3) is 0 Å². The van der Waals surface area contributed by atoms with Crippen molar-refractivity contribution >= 4 is 17.4 Å². The topological polar surface area (TPSA) is 37.4 Å². The van der Waals surface area contributed by atoms with Gasteiger partial charge in [-0.1, -0.05) is 18.5 Å². The zero-order chi connectivity index (χ0) is 14.7. The molecule has 0 amide bonds. The Bertz CT molecular complexity index is 447. The summed E-state index contributed by atoms with van der Waals surface area (Å²) in [5.41, 5.74) is 0. The summed E-state index contributed by atoms with van der Waals surface area (Å²) in [7, 11) is 0. The van der Waals surface area contributed by atoms with Crippen LogP contribution >= 0.6 is 11.6 Å². The highest BCUT2D eigenvalue weighted by Gasteiger charge is 2.28. The molecule has 0 aromatic carbocycles. The Hall–Kier alpha value is -0.840. The lowest BCUT2D eigenvalue weighted by atomic mass is 9.93. The molecule has 1 aromatic heterocycles. The van der Waals surface area contributed by atoms with E-state index < -0.39 is 0 Å². The third-order valence-electron chi connectivity index (χ3n) is 4.54. The van der Waals surface area contributed by atoms with Gasteiger partial charge in [-0.05, 0) is 37.3 Å². The van der Waals surface area contributed by atoms with Crippen molar-refractivity contribution in [2.75, 3.05) is 31.6 Å². The van der Waals surface area contributed by atoms with Gasteiger partial charge in [0.2, 0.25) is 0 Å². The largest absolute Gasteiger partial charge is 0.377 e. The van der Waals surface area contributed by atoms with Gasteiger partial charge in [-0.15, -0.1) is 0 Å². The Labute approximate surface area is 131 Å². The highest BCUT2D eigenvalue weighted by Crippen LogP contribution is 2.23. The lowest BCUT2D eigenvalue weighted by molar-refractivity contribution is 0.0562. The fourth-order valence-corrected chi connectivity index (χ4v) is 3.45. The minimum Gasteiger partial charge on any atom is -0.377 e. The lowest BCUT2D eigenvalue weighted by Gasteiger charge is -2.38. The van der Waals surface area contributed by atoms with E-state index in [9.17, 15) is 0 Å². The van der Waals surface area contributed by atoms with Crippen LogP contribution in [0.15, 0.2) is 18.3 Å². The van der Waals surface area contributed by atoms with Gasteiger partial charge in [0.15, 0.2) is 0 Å². The number of ether oxygens (including phenoxy) is 1. The van der Waals surface area contributed by atoms with Crippen LogP contribution in [0.5, 0.6) is 0 Å².